The topological polar surface area (TPSA) is 64.7 Å². The molecule has 6 nitrogen and oxygen atoms in total. The first kappa shape index (κ1) is 13.3. The second kappa shape index (κ2) is 5.24. The highest BCUT2D eigenvalue weighted by molar-refractivity contribution is 5.90. The summed E-state index contributed by atoms with van der Waals surface area (Å²) in [5.74, 6) is -0.00930. The molecule has 0 unspecified atom stereocenters. The fourth-order valence-corrected chi connectivity index (χ4v) is 2.56. The van der Waals surface area contributed by atoms with E-state index in [4.69, 9.17) is 0 Å². The molecular weight excluding hydrogens is 232 g/mol. The Hall–Kier alpha value is -1.14. The highest BCUT2D eigenvalue weighted by Crippen LogP contribution is 2.18. The normalized spacial score (nSPS) is 22.8. The summed E-state index contributed by atoms with van der Waals surface area (Å²) in [7, 11) is 0. The fraction of sp³-hybridized carbons (Fsp3) is 0.833. The SMILES string of the molecule is CC(C)(C(=O)N1CCNC(=O)C1)N1CCNCC1. The Kier molecular flexibility index (Phi) is 3.87. The Morgan fingerprint density at radius 1 is 1.17 bits per heavy atom. The molecule has 102 valence electrons. The predicted molar refractivity (Wildman–Crippen MR) is 68.1 cm³/mol. The van der Waals surface area contributed by atoms with Crippen LogP contribution in [0.1, 0.15) is 13.8 Å². The van der Waals surface area contributed by atoms with Crippen molar-refractivity contribution in [2.45, 2.75) is 19.4 Å². The van der Waals surface area contributed by atoms with Gasteiger partial charge in [0, 0.05) is 39.3 Å². The molecular formula is C12H22N4O2. The van der Waals surface area contributed by atoms with Crippen LogP contribution in [0.2, 0.25) is 0 Å². The summed E-state index contributed by atoms with van der Waals surface area (Å²) in [6.45, 7) is 8.84. The summed E-state index contributed by atoms with van der Waals surface area (Å²) in [5.41, 5.74) is -0.528. The van der Waals surface area contributed by atoms with Crippen molar-refractivity contribution < 1.29 is 9.59 Å². The van der Waals surface area contributed by atoms with Gasteiger partial charge in [-0.15, -0.1) is 0 Å². The predicted octanol–water partition coefficient (Wildman–Crippen LogP) is -1.37. The van der Waals surface area contributed by atoms with E-state index in [-0.39, 0.29) is 18.4 Å². The summed E-state index contributed by atoms with van der Waals surface area (Å²) in [5, 5.41) is 6.02. The molecule has 0 spiro atoms. The molecule has 0 bridgehead atoms. The van der Waals surface area contributed by atoms with Crippen molar-refractivity contribution in [2.24, 2.45) is 0 Å². The van der Waals surface area contributed by atoms with Gasteiger partial charge in [-0.1, -0.05) is 0 Å². The van der Waals surface area contributed by atoms with Gasteiger partial charge in [-0.05, 0) is 13.8 Å². The van der Waals surface area contributed by atoms with Crippen LogP contribution in [-0.4, -0.2) is 73.0 Å². The van der Waals surface area contributed by atoms with Gasteiger partial charge in [0.1, 0.15) is 0 Å². The monoisotopic (exact) mass is 254 g/mol. The van der Waals surface area contributed by atoms with Crippen LogP contribution in [0.4, 0.5) is 0 Å². The zero-order chi connectivity index (χ0) is 13.2. The number of hydrogen-bond donors (Lipinski definition) is 2. The Morgan fingerprint density at radius 2 is 1.83 bits per heavy atom. The van der Waals surface area contributed by atoms with E-state index in [1.54, 1.807) is 4.90 Å². The van der Waals surface area contributed by atoms with Crippen molar-refractivity contribution in [3.05, 3.63) is 0 Å². The Labute approximate surface area is 108 Å². The molecule has 2 fully saturated rings. The number of nitrogens with zero attached hydrogens (tertiary/aromatic N) is 2. The van der Waals surface area contributed by atoms with Crippen molar-refractivity contribution in [1.29, 1.82) is 0 Å². The molecule has 2 rings (SSSR count). The van der Waals surface area contributed by atoms with Crippen LogP contribution in [0.5, 0.6) is 0 Å². The van der Waals surface area contributed by atoms with Gasteiger partial charge in [0.15, 0.2) is 0 Å². The van der Waals surface area contributed by atoms with Gasteiger partial charge in [0.05, 0.1) is 12.1 Å². The maximum absolute atomic E-state index is 12.5. The summed E-state index contributed by atoms with van der Waals surface area (Å²) in [4.78, 5) is 27.8. The third-order valence-electron chi connectivity index (χ3n) is 3.76. The first-order valence-corrected chi connectivity index (χ1v) is 6.53. The van der Waals surface area contributed by atoms with E-state index in [2.05, 4.69) is 15.5 Å². The largest absolute Gasteiger partial charge is 0.353 e. The van der Waals surface area contributed by atoms with Gasteiger partial charge in [-0.3, -0.25) is 14.5 Å². The quantitative estimate of drug-likeness (QED) is 0.638. The number of hydrogen-bond acceptors (Lipinski definition) is 4. The van der Waals surface area contributed by atoms with Crippen molar-refractivity contribution in [2.75, 3.05) is 45.8 Å². The maximum atomic E-state index is 12.5. The van der Waals surface area contributed by atoms with Crippen molar-refractivity contribution in [3.63, 3.8) is 0 Å². The number of amides is 2. The van der Waals surface area contributed by atoms with E-state index >= 15 is 0 Å². The van der Waals surface area contributed by atoms with Gasteiger partial charge in [0.25, 0.3) is 0 Å². The van der Waals surface area contributed by atoms with Crippen LogP contribution in [0, 0.1) is 0 Å². The zero-order valence-electron chi connectivity index (χ0n) is 11.2. The molecule has 2 N–H and O–H groups in total. The lowest BCUT2D eigenvalue weighted by atomic mass is 9.99. The van der Waals surface area contributed by atoms with Crippen LogP contribution < -0.4 is 10.6 Å². The van der Waals surface area contributed by atoms with Crippen LogP contribution in [0.15, 0.2) is 0 Å². The van der Waals surface area contributed by atoms with Gasteiger partial charge >= 0.3 is 0 Å². The molecule has 0 aromatic carbocycles. The Balaban J connectivity index is 2.03. The van der Waals surface area contributed by atoms with E-state index in [0.29, 0.717) is 13.1 Å². The highest BCUT2D eigenvalue weighted by Gasteiger charge is 2.39. The lowest BCUT2D eigenvalue weighted by molar-refractivity contribution is -0.147. The molecule has 2 saturated heterocycles. The number of piperazine rings is 2. The Bertz CT molecular complexity index is 337. The number of rotatable bonds is 2. The smallest absolute Gasteiger partial charge is 0.243 e. The van der Waals surface area contributed by atoms with E-state index in [1.807, 2.05) is 13.8 Å². The molecule has 6 heteroatoms. The van der Waals surface area contributed by atoms with Crippen molar-refractivity contribution in [3.8, 4) is 0 Å². The van der Waals surface area contributed by atoms with Crippen LogP contribution >= 0.6 is 0 Å². The summed E-state index contributed by atoms with van der Waals surface area (Å²) >= 11 is 0. The second-order valence-corrected chi connectivity index (χ2v) is 5.37. The second-order valence-electron chi connectivity index (χ2n) is 5.37. The number of carbonyl (C=O) groups excluding carboxylic acids is 2. The fourth-order valence-electron chi connectivity index (χ4n) is 2.56. The third kappa shape index (κ3) is 2.64. The molecule has 2 heterocycles. The van der Waals surface area contributed by atoms with Crippen LogP contribution in [-0.2, 0) is 9.59 Å². The minimum absolute atomic E-state index is 0.0549. The summed E-state index contributed by atoms with van der Waals surface area (Å²) < 4.78 is 0. The molecule has 2 amide bonds. The maximum Gasteiger partial charge on any atom is 0.243 e. The van der Waals surface area contributed by atoms with Crippen LogP contribution in [0.25, 0.3) is 0 Å². The van der Waals surface area contributed by atoms with Gasteiger partial charge in [-0.2, -0.15) is 0 Å². The van der Waals surface area contributed by atoms with Crippen LogP contribution in [0.3, 0.4) is 0 Å². The molecule has 0 aromatic heterocycles. The zero-order valence-corrected chi connectivity index (χ0v) is 11.2. The minimum Gasteiger partial charge on any atom is -0.353 e. The molecule has 0 aliphatic carbocycles. The minimum atomic E-state index is -0.528. The van der Waals surface area contributed by atoms with Crippen molar-refractivity contribution in [1.82, 2.24) is 20.4 Å². The molecule has 0 aromatic rings. The Morgan fingerprint density at radius 3 is 2.44 bits per heavy atom. The molecule has 0 saturated carbocycles. The lowest BCUT2D eigenvalue weighted by Crippen LogP contribution is -2.63. The molecule has 0 radical (unpaired) electrons. The number of carbonyl (C=O) groups is 2. The van der Waals surface area contributed by atoms with Crippen molar-refractivity contribution >= 4 is 11.8 Å². The standard InChI is InChI=1S/C12H22N4O2/c1-12(2,16-7-3-13-4-8-16)11(18)15-6-5-14-10(17)9-15/h13H,3-9H2,1-2H3,(H,14,17). The highest BCUT2D eigenvalue weighted by atomic mass is 16.2. The van der Waals surface area contributed by atoms with E-state index < -0.39 is 5.54 Å². The van der Waals surface area contributed by atoms with Gasteiger partial charge in [-0.25, -0.2) is 0 Å². The summed E-state index contributed by atoms with van der Waals surface area (Å²) in [6.07, 6.45) is 0. The first-order chi connectivity index (χ1) is 8.51. The number of nitrogens with one attached hydrogen (secondary N) is 2. The lowest BCUT2D eigenvalue weighted by Gasteiger charge is -2.43. The third-order valence-corrected chi connectivity index (χ3v) is 3.76. The summed E-state index contributed by atoms with van der Waals surface area (Å²) in [6, 6.07) is 0. The average Bonchev–Trinajstić information content (AvgIpc) is 2.39. The molecule has 0 atom stereocenters. The van der Waals surface area contributed by atoms with Gasteiger partial charge < -0.3 is 15.5 Å². The molecule has 2 aliphatic rings. The average molecular weight is 254 g/mol. The van der Waals surface area contributed by atoms with E-state index in [9.17, 15) is 9.59 Å². The van der Waals surface area contributed by atoms with E-state index in [0.717, 1.165) is 26.2 Å². The molecule has 18 heavy (non-hydrogen) atoms. The molecule has 2 aliphatic heterocycles. The van der Waals surface area contributed by atoms with Gasteiger partial charge in [0.2, 0.25) is 11.8 Å². The van der Waals surface area contributed by atoms with E-state index in [1.165, 1.54) is 0 Å². The first-order valence-electron chi connectivity index (χ1n) is 6.53.